The van der Waals surface area contributed by atoms with Crippen LogP contribution in [-0.2, 0) is 23.7 Å². The average molecular weight is 429 g/mol. The molecule has 0 aliphatic carbocycles. The van der Waals surface area contributed by atoms with Gasteiger partial charge >= 0.3 is 5.97 Å². The lowest BCUT2D eigenvalue weighted by Gasteiger charge is -2.46. The first kappa shape index (κ1) is 26.8. The number of aliphatic hydroxyl groups excluding tert-OH is 2. The fourth-order valence-corrected chi connectivity index (χ4v) is 4.09. The zero-order valence-electron chi connectivity index (χ0n) is 19.6. The molecule has 0 radical (unpaired) electrons. The minimum Gasteiger partial charge on any atom is -0.466 e. The number of esters is 1. The van der Waals surface area contributed by atoms with E-state index in [4.69, 9.17) is 14.2 Å². The summed E-state index contributed by atoms with van der Waals surface area (Å²) in [6.45, 7) is 9.45. The molecule has 8 atom stereocenters. The van der Waals surface area contributed by atoms with E-state index in [0.717, 1.165) is 0 Å². The minimum atomic E-state index is -0.678. The molecule has 1 aliphatic rings. The Balaban J connectivity index is 2.87. The molecule has 1 aliphatic heterocycles. The van der Waals surface area contributed by atoms with Crippen LogP contribution in [0.1, 0.15) is 41.0 Å². The molecular weight excluding hydrogens is 388 g/mol. The summed E-state index contributed by atoms with van der Waals surface area (Å²) >= 11 is 0. The minimum absolute atomic E-state index is 0.0721. The third kappa shape index (κ3) is 6.89. The molecule has 0 aromatic heterocycles. The third-order valence-electron chi connectivity index (χ3n) is 6.33. The number of carbonyl (C=O) groups is 1. The van der Waals surface area contributed by atoms with Gasteiger partial charge in [0.05, 0.1) is 31.5 Å². The lowest BCUT2D eigenvalue weighted by Crippen LogP contribution is -2.54. The molecule has 7 nitrogen and oxygen atoms in total. The van der Waals surface area contributed by atoms with Gasteiger partial charge in [-0.1, -0.05) is 45.9 Å². The van der Waals surface area contributed by atoms with E-state index in [1.54, 1.807) is 33.3 Å². The van der Waals surface area contributed by atoms with E-state index in [1.807, 2.05) is 33.8 Å². The summed E-state index contributed by atoms with van der Waals surface area (Å²) in [5.74, 6) is -0.957. The Labute approximate surface area is 181 Å². The van der Waals surface area contributed by atoms with E-state index in [-0.39, 0.29) is 41.8 Å². The average Bonchev–Trinajstić information content (AvgIpc) is 2.75. The number of rotatable bonds is 10. The van der Waals surface area contributed by atoms with Gasteiger partial charge in [-0.15, -0.1) is 0 Å². The van der Waals surface area contributed by atoms with Crippen LogP contribution in [0, 0.1) is 23.7 Å². The number of methoxy groups -OCH3 is 3. The molecule has 0 saturated carbocycles. The predicted molar refractivity (Wildman–Crippen MR) is 115 cm³/mol. The third-order valence-corrected chi connectivity index (χ3v) is 6.33. The summed E-state index contributed by atoms with van der Waals surface area (Å²) < 4.78 is 21.6. The molecular formula is C23H40O7. The fourth-order valence-electron chi connectivity index (χ4n) is 4.09. The van der Waals surface area contributed by atoms with Crippen LogP contribution in [0.15, 0.2) is 23.8 Å². The molecule has 2 N–H and O–H groups in total. The van der Waals surface area contributed by atoms with E-state index in [2.05, 4.69) is 4.74 Å². The smallest absolute Gasteiger partial charge is 0.333 e. The Bertz CT molecular complexity index is 584. The van der Waals surface area contributed by atoms with Crippen LogP contribution in [0.2, 0.25) is 0 Å². The first-order valence-electron chi connectivity index (χ1n) is 10.6. The van der Waals surface area contributed by atoms with Gasteiger partial charge in [0.25, 0.3) is 0 Å². The van der Waals surface area contributed by atoms with Crippen LogP contribution < -0.4 is 0 Å². The second-order valence-corrected chi connectivity index (χ2v) is 8.42. The fraction of sp³-hybridized carbons (Fsp3) is 0.783. The van der Waals surface area contributed by atoms with Gasteiger partial charge in [-0.25, -0.2) is 4.79 Å². The summed E-state index contributed by atoms with van der Waals surface area (Å²) in [7, 11) is 4.50. The summed E-state index contributed by atoms with van der Waals surface area (Å²) in [4.78, 5) is 11.4. The molecule has 0 spiro atoms. The van der Waals surface area contributed by atoms with Crippen LogP contribution in [-0.4, -0.2) is 68.2 Å². The molecule has 0 aromatic carbocycles. The van der Waals surface area contributed by atoms with Gasteiger partial charge in [0.1, 0.15) is 0 Å². The van der Waals surface area contributed by atoms with Gasteiger partial charge in [0.2, 0.25) is 0 Å². The van der Waals surface area contributed by atoms with Crippen molar-refractivity contribution in [1.82, 2.24) is 0 Å². The molecule has 1 rings (SSSR count). The van der Waals surface area contributed by atoms with E-state index >= 15 is 0 Å². The molecule has 0 bridgehead atoms. The molecule has 7 heteroatoms. The predicted octanol–water partition coefficient (Wildman–Crippen LogP) is 2.70. The molecule has 1 heterocycles. The Morgan fingerprint density at radius 1 is 1.13 bits per heavy atom. The van der Waals surface area contributed by atoms with Gasteiger partial charge in [0, 0.05) is 49.9 Å². The Hall–Kier alpha value is -1.25. The molecule has 0 aromatic rings. The topological polar surface area (TPSA) is 94.5 Å². The van der Waals surface area contributed by atoms with Crippen molar-refractivity contribution < 1.29 is 34.0 Å². The van der Waals surface area contributed by atoms with E-state index in [9.17, 15) is 15.0 Å². The van der Waals surface area contributed by atoms with Gasteiger partial charge in [0.15, 0.2) is 6.29 Å². The van der Waals surface area contributed by atoms with Gasteiger partial charge in [-0.2, -0.15) is 0 Å². The lowest BCUT2D eigenvalue weighted by molar-refractivity contribution is -0.215. The number of ether oxygens (including phenoxy) is 4. The van der Waals surface area contributed by atoms with Crippen LogP contribution in [0.4, 0.5) is 0 Å². The van der Waals surface area contributed by atoms with E-state index < -0.39 is 18.5 Å². The van der Waals surface area contributed by atoms with E-state index in [1.165, 1.54) is 7.11 Å². The number of hydrogen-bond donors (Lipinski definition) is 2. The maximum atomic E-state index is 11.4. The van der Waals surface area contributed by atoms with Crippen molar-refractivity contribution in [2.75, 3.05) is 21.3 Å². The SMILES string of the molecule is COC(=O)/C(C)=C\C=C/[C@H](C)[C@@H](O)[C@H](C)[C@H]1O[C@@H](CC(OC)OC)[C@@H](C)[C@@H](O)[C@H]1C. The normalized spacial score (nSPS) is 31.0. The standard InChI is InChI=1S/C23H40O7/c1-13(10-9-11-14(2)23(26)29-8)20(24)16(4)22-17(5)21(25)15(3)18(30-22)12-19(27-6)28-7/h9-11,13,15-22,24-25H,12H2,1-8H3/b10-9-,14-11-/t13-,15+,16-,17+,18-,20+,21+,22+/m0/s1. The summed E-state index contributed by atoms with van der Waals surface area (Å²) in [6, 6.07) is 0. The maximum Gasteiger partial charge on any atom is 0.333 e. The van der Waals surface area contributed by atoms with Crippen molar-refractivity contribution in [3.63, 3.8) is 0 Å². The maximum absolute atomic E-state index is 11.4. The molecule has 30 heavy (non-hydrogen) atoms. The lowest BCUT2D eigenvalue weighted by atomic mass is 9.75. The Morgan fingerprint density at radius 3 is 2.27 bits per heavy atom. The van der Waals surface area contributed by atoms with Gasteiger partial charge in [-0.3, -0.25) is 0 Å². The van der Waals surface area contributed by atoms with Crippen molar-refractivity contribution in [3.8, 4) is 0 Å². The molecule has 0 unspecified atom stereocenters. The largest absolute Gasteiger partial charge is 0.466 e. The van der Waals surface area contributed by atoms with Crippen molar-refractivity contribution in [2.24, 2.45) is 23.7 Å². The Morgan fingerprint density at radius 2 is 1.73 bits per heavy atom. The van der Waals surface area contributed by atoms with Crippen LogP contribution in [0.25, 0.3) is 0 Å². The second-order valence-electron chi connectivity index (χ2n) is 8.42. The van der Waals surface area contributed by atoms with Crippen LogP contribution >= 0.6 is 0 Å². The van der Waals surface area contributed by atoms with Crippen LogP contribution in [0.3, 0.4) is 0 Å². The van der Waals surface area contributed by atoms with Gasteiger partial charge < -0.3 is 29.2 Å². The Kier molecular flexibility index (Phi) is 11.2. The highest BCUT2D eigenvalue weighted by molar-refractivity contribution is 5.87. The highest BCUT2D eigenvalue weighted by Crippen LogP contribution is 2.37. The van der Waals surface area contributed by atoms with Crippen molar-refractivity contribution in [3.05, 3.63) is 23.8 Å². The first-order chi connectivity index (χ1) is 14.1. The van der Waals surface area contributed by atoms with Gasteiger partial charge in [-0.05, 0) is 6.92 Å². The number of carbonyl (C=O) groups excluding carboxylic acids is 1. The summed E-state index contributed by atoms with van der Waals surface area (Å²) in [5.41, 5.74) is 0.485. The molecule has 0 amide bonds. The summed E-state index contributed by atoms with van der Waals surface area (Å²) in [6.07, 6.45) is 3.58. The van der Waals surface area contributed by atoms with E-state index in [0.29, 0.717) is 12.0 Å². The summed E-state index contributed by atoms with van der Waals surface area (Å²) in [5, 5.41) is 21.7. The highest BCUT2D eigenvalue weighted by Gasteiger charge is 2.45. The number of aliphatic hydroxyl groups is 2. The van der Waals surface area contributed by atoms with Crippen molar-refractivity contribution in [2.45, 2.75) is 71.7 Å². The highest BCUT2D eigenvalue weighted by atomic mass is 16.7. The first-order valence-corrected chi connectivity index (χ1v) is 10.6. The zero-order chi connectivity index (χ0) is 23.0. The zero-order valence-corrected chi connectivity index (χ0v) is 19.6. The van der Waals surface area contributed by atoms with Crippen molar-refractivity contribution in [1.29, 1.82) is 0 Å². The monoisotopic (exact) mass is 428 g/mol. The van der Waals surface area contributed by atoms with Crippen molar-refractivity contribution >= 4 is 5.97 Å². The quantitative estimate of drug-likeness (QED) is 0.239. The van der Waals surface area contributed by atoms with Crippen LogP contribution in [0.5, 0.6) is 0 Å². The molecule has 1 fully saturated rings. The number of hydrogen-bond acceptors (Lipinski definition) is 7. The second kappa shape index (κ2) is 12.6. The number of allylic oxidation sites excluding steroid dienone is 2. The molecule has 1 saturated heterocycles. The molecule has 174 valence electrons.